The zero-order valence-corrected chi connectivity index (χ0v) is 13.4. The number of benzene rings is 1. The van der Waals surface area contributed by atoms with Gasteiger partial charge in [-0.05, 0) is 43.5 Å². The van der Waals surface area contributed by atoms with Crippen molar-refractivity contribution in [1.29, 1.82) is 0 Å². The van der Waals surface area contributed by atoms with Crippen LogP contribution in [0.1, 0.15) is 29.6 Å². The monoisotopic (exact) mass is 305 g/mol. The molecule has 0 aromatic heterocycles. The van der Waals surface area contributed by atoms with Crippen LogP contribution in [0.2, 0.25) is 0 Å². The largest absolute Gasteiger partial charge is 0.383 e. The van der Waals surface area contributed by atoms with E-state index in [0.717, 1.165) is 31.7 Å². The van der Waals surface area contributed by atoms with E-state index < -0.39 is 0 Å². The minimum atomic E-state index is -0.0151. The maximum absolute atomic E-state index is 12.0. The Morgan fingerprint density at radius 1 is 1.09 bits per heavy atom. The molecule has 1 aliphatic heterocycles. The van der Waals surface area contributed by atoms with Crippen LogP contribution in [0.25, 0.3) is 0 Å². The van der Waals surface area contributed by atoms with E-state index in [0.29, 0.717) is 13.2 Å². The Labute approximate surface area is 133 Å². The smallest absolute Gasteiger partial charge is 0.251 e. The van der Waals surface area contributed by atoms with Crippen molar-refractivity contribution in [3.05, 3.63) is 29.8 Å². The fourth-order valence-corrected chi connectivity index (χ4v) is 2.64. The Balaban J connectivity index is 1.73. The van der Waals surface area contributed by atoms with Gasteiger partial charge >= 0.3 is 0 Å². The number of nitrogens with one attached hydrogen (secondary N) is 2. The average molecular weight is 305 g/mol. The van der Waals surface area contributed by atoms with Gasteiger partial charge < -0.3 is 20.3 Å². The van der Waals surface area contributed by atoms with E-state index in [1.54, 1.807) is 7.11 Å². The molecule has 0 radical (unpaired) electrons. The molecule has 2 rings (SSSR count). The van der Waals surface area contributed by atoms with Gasteiger partial charge in [0, 0.05) is 51.1 Å². The minimum absolute atomic E-state index is 0.0151. The molecule has 1 aromatic rings. The van der Waals surface area contributed by atoms with Crippen molar-refractivity contribution in [3.8, 4) is 0 Å². The lowest BCUT2D eigenvalue weighted by Gasteiger charge is -2.28. The number of piperidine rings is 1. The van der Waals surface area contributed by atoms with E-state index in [4.69, 9.17) is 4.74 Å². The van der Waals surface area contributed by atoms with Gasteiger partial charge in [0.05, 0.1) is 6.61 Å². The molecule has 0 atom stereocenters. The van der Waals surface area contributed by atoms with Crippen molar-refractivity contribution in [2.24, 2.45) is 0 Å². The number of amides is 1. The van der Waals surface area contributed by atoms with Gasteiger partial charge in [-0.1, -0.05) is 0 Å². The van der Waals surface area contributed by atoms with Crippen LogP contribution in [0.5, 0.6) is 0 Å². The Hall–Kier alpha value is -1.59. The highest BCUT2D eigenvalue weighted by molar-refractivity contribution is 5.94. The third-order valence-electron chi connectivity index (χ3n) is 3.92. The second-order valence-electron chi connectivity index (χ2n) is 5.59. The second kappa shape index (κ2) is 9.43. The van der Waals surface area contributed by atoms with Crippen LogP contribution in [0.4, 0.5) is 5.69 Å². The highest BCUT2D eigenvalue weighted by Crippen LogP contribution is 2.20. The summed E-state index contributed by atoms with van der Waals surface area (Å²) in [6, 6.07) is 7.93. The van der Waals surface area contributed by atoms with Crippen molar-refractivity contribution >= 4 is 11.6 Å². The van der Waals surface area contributed by atoms with Gasteiger partial charge in [-0.2, -0.15) is 0 Å². The van der Waals surface area contributed by atoms with Gasteiger partial charge in [0.1, 0.15) is 0 Å². The standard InChI is InChI=1S/C17H27N3O2/c1-22-14-11-18-9-10-19-17(21)15-5-7-16(8-6-15)20-12-3-2-4-13-20/h5-8,18H,2-4,9-14H2,1H3,(H,19,21). The lowest BCUT2D eigenvalue weighted by atomic mass is 10.1. The number of rotatable bonds is 8. The molecule has 122 valence electrons. The number of methoxy groups -OCH3 is 1. The third-order valence-corrected chi connectivity index (χ3v) is 3.92. The van der Waals surface area contributed by atoms with Crippen LogP contribution >= 0.6 is 0 Å². The van der Waals surface area contributed by atoms with Crippen LogP contribution in [-0.4, -0.2) is 52.3 Å². The number of hydrogen-bond donors (Lipinski definition) is 2. The minimum Gasteiger partial charge on any atom is -0.383 e. The molecule has 5 nitrogen and oxygen atoms in total. The molecular formula is C17H27N3O2. The molecule has 0 bridgehead atoms. The topological polar surface area (TPSA) is 53.6 Å². The maximum atomic E-state index is 12.0. The Kier molecular flexibility index (Phi) is 7.19. The summed E-state index contributed by atoms with van der Waals surface area (Å²) in [5.74, 6) is -0.0151. The first-order valence-electron chi connectivity index (χ1n) is 8.14. The van der Waals surface area contributed by atoms with Gasteiger partial charge in [-0.25, -0.2) is 0 Å². The van der Waals surface area contributed by atoms with Crippen molar-refractivity contribution in [2.75, 3.05) is 51.3 Å². The number of carbonyl (C=O) groups excluding carboxylic acids is 1. The summed E-state index contributed by atoms with van der Waals surface area (Å²) < 4.78 is 4.95. The van der Waals surface area contributed by atoms with Crippen molar-refractivity contribution in [3.63, 3.8) is 0 Å². The van der Waals surface area contributed by atoms with Gasteiger partial charge in [-0.3, -0.25) is 4.79 Å². The fraction of sp³-hybridized carbons (Fsp3) is 0.588. The Morgan fingerprint density at radius 2 is 1.82 bits per heavy atom. The molecule has 1 heterocycles. The molecule has 0 unspecified atom stereocenters. The molecule has 22 heavy (non-hydrogen) atoms. The molecular weight excluding hydrogens is 278 g/mol. The molecule has 1 saturated heterocycles. The molecule has 1 fully saturated rings. The number of ether oxygens (including phenoxy) is 1. The first-order chi connectivity index (χ1) is 10.8. The van der Waals surface area contributed by atoms with E-state index in [1.165, 1.54) is 24.9 Å². The second-order valence-corrected chi connectivity index (χ2v) is 5.59. The van der Waals surface area contributed by atoms with E-state index in [9.17, 15) is 4.79 Å². The molecule has 1 aliphatic rings. The summed E-state index contributed by atoms with van der Waals surface area (Å²) in [4.78, 5) is 14.4. The first kappa shape index (κ1) is 16.8. The van der Waals surface area contributed by atoms with Crippen LogP contribution in [0.3, 0.4) is 0 Å². The van der Waals surface area contributed by atoms with Crippen molar-refractivity contribution in [2.45, 2.75) is 19.3 Å². The zero-order valence-electron chi connectivity index (χ0n) is 13.4. The van der Waals surface area contributed by atoms with Crippen LogP contribution in [-0.2, 0) is 4.74 Å². The summed E-state index contributed by atoms with van der Waals surface area (Å²) in [7, 11) is 1.68. The number of nitrogens with zero attached hydrogens (tertiary/aromatic N) is 1. The molecule has 0 aliphatic carbocycles. The summed E-state index contributed by atoms with van der Waals surface area (Å²) in [6.45, 7) is 5.11. The molecule has 0 saturated carbocycles. The lowest BCUT2D eigenvalue weighted by molar-refractivity contribution is 0.0953. The van der Waals surface area contributed by atoms with E-state index in [1.807, 2.05) is 12.1 Å². The normalized spacial score (nSPS) is 14.9. The SMILES string of the molecule is COCCNCCNC(=O)c1ccc(N2CCCCC2)cc1. The lowest BCUT2D eigenvalue weighted by Crippen LogP contribution is -2.33. The van der Waals surface area contributed by atoms with Gasteiger partial charge in [-0.15, -0.1) is 0 Å². The van der Waals surface area contributed by atoms with Crippen LogP contribution < -0.4 is 15.5 Å². The maximum Gasteiger partial charge on any atom is 0.251 e. The summed E-state index contributed by atoms with van der Waals surface area (Å²) in [6.07, 6.45) is 3.85. The fourth-order valence-electron chi connectivity index (χ4n) is 2.64. The molecule has 2 N–H and O–H groups in total. The van der Waals surface area contributed by atoms with E-state index >= 15 is 0 Å². The Morgan fingerprint density at radius 3 is 2.50 bits per heavy atom. The van der Waals surface area contributed by atoms with Crippen molar-refractivity contribution < 1.29 is 9.53 Å². The number of hydrogen-bond acceptors (Lipinski definition) is 4. The predicted octanol–water partition coefficient (Wildman–Crippen LogP) is 1.64. The Bertz CT molecular complexity index is 442. The molecule has 0 spiro atoms. The number of anilines is 1. The van der Waals surface area contributed by atoms with E-state index in [2.05, 4.69) is 27.7 Å². The predicted molar refractivity (Wildman–Crippen MR) is 89.6 cm³/mol. The molecule has 5 heteroatoms. The van der Waals surface area contributed by atoms with Crippen LogP contribution in [0.15, 0.2) is 24.3 Å². The quantitative estimate of drug-likeness (QED) is 0.717. The molecule has 1 amide bonds. The number of carbonyl (C=O) groups is 1. The van der Waals surface area contributed by atoms with Gasteiger partial charge in [0.2, 0.25) is 0 Å². The summed E-state index contributed by atoms with van der Waals surface area (Å²) >= 11 is 0. The summed E-state index contributed by atoms with van der Waals surface area (Å²) in [5, 5.41) is 6.12. The average Bonchev–Trinajstić information content (AvgIpc) is 2.59. The van der Waals surface area contributed by atoms with Crippen LogP contribution in [0, 0.1) is 0 Å². The van der Waals surface area contributed by atoms with E-state index in [-0.39, 0.29) is 5.91 Å². The zero-order chi connectivity index (χ0) is 15.6. The summed E-state index contributed by atoms with van der Waals surface area (Å²) in [5.41, 5.74) is 1.94. The van der Waals surface area contributed by atoms with Gasteiger partial charge in [0.25, 0.3) is 5.91 Å². The highest BCUT2D eigenvalue weighted by Gasteiger charge is 2.11. The van der Waals surface area contributed by atoms with Crippen molar-refractivity contribution in [1.82, 2.24) is 10.6 Å². The van der Waals surface area contributed by atoms with Gasteiger partial charge in [0.15, 0.2) is 0 Å². The highest BCUT2D eigenvalue weighted by atomic mass is 16.5. The third kappa shape index (κ3) is 5.31. The first-order valence-corrected chi connectivity index (χ1v) is 8.14. The molecule has 1 aromatic carbocycles.